The van der Waals surface area contributed by atoms with Crippen LogP contribution in [0.4, 0.5) is 0 Å². The summed E-state index contributed by atoms with van der Waals surface area (Å²) in [5.41, 5.74) is 10.9. The van der Waals surface area contributed by atoms with Gasteiger partial charge in [0.2, 0.25) is 0 Å². The number of hydrogen-bond acceptors (Lipinski definition) is 2. The van der Waals surface area contributed by atoms with E-state index in [9.17, 15) is 10.0 Å². The third-order valence-corrected chi connectivity index (χ3v) is 7.11. The third kappa shape index (κ3) is 3.72. The molecule has 0 saturated carbocycles. The van der Waals surface area contributed by atoms with Gasteiger partial charge in [-0.1, -0.05) is 72.8 Å². The van der Waals surface area contributed by atoms with Crippen LogP contribution in [0.3, 0.4) is 0 Å². The number of aromatic nitrogens is 1. The van der Waals surface area contributed by atoms with E-state index in [1.54, 1.807) is 6.07 Å². The van der Waals surface area contributed by atoms with Crippen molar-refractivity contribution >= 4 is 34.4 Å². The summed E-state index contributed by atoms with van der Waals surface area (Å²) in [5.74, 6) is 0. The lowest BCUT2D eigenvalue weighted by molar-refractivity contribution is 0.426. The van der Waals surface area contributed by atoms with Gasteiger partial charge < -0.3 is 14.6 Å². The monoisotopic (exact) mass is 467 g/mol. The van der Waals surface area contributed by atoms with Crippen molar-refractivity contribution in [2.75, 3.05) is 0 Å². The van der Waals surface area contributed by atoms with E-state index in [0.717, 1.165) is 38.6 Å². The van der Waals surface area contributed by atoms with Crippen LogP contribution in [0.25, 0.3) is 49.7 Å². The lowest BCUT2D eigenvalue weighted by Gasteiger charge is -2.12. The fourth-order valence-electron chi connectivity index (χ4n) is 5.20. The van der Waals surface area contributed by atoms with Gasteiger partial charge >= 0.3 is 7.12 Å². The van der Waals surface area contributed by atoms with Crippen LogP contribution in [0.1, 0.15) is 11.1 Å². The smallest absolute Gasteiger partial charge is 0.423 e. The maximum atomic E-state index is 9.85. The Kier molecular flexibility index (Phi) is 5.48. The SMILES string of the molecule is Cc1ccccc1-c1cc(-c2ccc3c(c2)c2cc(B(O)O)ccc2n3-c2ccccc2)ccc1C. The van der Waals surface area contributed by atoms with E-state index in [1.165, 1.54) is 22.3 Å². The first-order valence-corrected chi connectivity index (χ1v) is 12.2. The van der Waals surface area contributed by atoms with Crippen molar-refractivity contribution in [1.29, 1.82) is 0 Å². The van der Waals surface area contributed by atoms with Gasteiger partial charge in [0.1, 0.15) is 0 Å². The molecule has 0 aliphatic carbocycles. The minimum Gasteiger partial charge on any atom is -0.423 e. The van der Waals surface area contributed by atoms with Crippen LogP contribution in [0.15, 0.2) is 109 Å². The predicted octanol–water partition coefficient (Wildman–Crippen LogP) is 6.41. The number of nitrogens with zero attached hydrogens (tertiary/aromatic N) is 1. The lowest BCUT2D eigenvalue weighted by atomic mass is 9.80. The maximum absolute atomic E-state index is 9.85. The molecule has 3 nitrogen and oxygen atoms in total. The van der Waals surface area contributed by atoms with Crippen LogP contribution in [0.2, 0.25) is 0 Å². The topological polar surface area (TPSA) is 45.4 Å². The number of hydrogen-bond donors (Lipinski definition) is 2. The highest BCUT2D eigenvalue weighted by atomic mass is 16.4. The minimum atomic E-state index is -1.51. The normalized spacial score (nSPS) is 11.3. The summed E-state index contributed by atoms with van der Waals surface area (Å²) in [6, 6.07) is 37.6. The van der Waals surface area contributed by atoms with Gasteiger partial charge in [-0.25, -0.2) is 0 Å². The molecule has 1 aromatic heterocycles. The van der Waals surface area contributed by atoms with Gasteiger partial charge in [0, 0.05) is 16.5 Å². The van der Waals surface area contributed by atoms with Gasteiger partial charge in [0.05, 0.1) is 11.0 Å². The molecule has 2 N–H and O–H groups in total. The van der Waals surface area contributed by atoms with E-state index in [-0.39, 0.29) is 0 Å². The second-order valence-corrected chi connectivity index (χ2v) is 9.40. The van der Waals surface area contributed by atoms with Gasteiger partial charge in [-0.05, 0) is 89.1 Å². The molecule has 0 amide bonds. The summed E-state index contributed by atoms with van der Waals surface area (Å²) in [4.78, 5) is 0. The first-order chi connectivity index (χ1) is 17.5. The van der Waals surface area contributed by atoms with Crippen molar-refractivity contribution in [3.63, 3.8) is 0 Å². The van der Waals surface area contributed by atoms with Crippen LogP contribution >= 0.6 is 0 Å². The second kappa shape index (κ2) is 8.83. The highest BCUT2D eigenvalue weighted by molar-refractivity contribution is 6.59. The van der Waals surface area contributed by atoms with Crippen LogP contribution in [0.5, 0.6) is 0 Å². The average molecular weight is 467 g/mol. The minimum absolute atomic E-state index is 0.484. The highest BCUT2D eigenvalue weighted by Gasteiger charge is 2.17. The zero-order valence-electron chi connectivity index (χ0n) is 20.3. The summed E-state index contributed by atoms with van der Waals surface area (Å²) in [7, 11) is -1.51. The molecule has 0 aliphatic heterocycles. The second-order valence-electron chi connectivity index (χ2n) is 9.40. The fraction of sp³-hybridized carbons (Fsp3) is 0.0625. The standard InChI is InChI=1S/C32H26BNO2/c1-21-8-6-7-11-27(21)28-18-23(13-12-22(28)2)24-14-16-31-29(19-24)30-20-25(33(35)36)15-17-32(30)34(31)26-9-4-3-5-10-26/h3-20,35-36H,1-2H3. The van der Waals surface area contributed by atoms with Gasteiger partial charge in [0.15, 0.2) is 0 Å². The molecular weight excluding hydrogens is 441 g/mol. The van der Waals surface area contributed by atoms with Gasteiger partial charge in [-0.3, -0.25) is 0 Å². The molecule has 0 aliphatic rings. The van der Waals surface area contributed by atoms with Crippen LogP contribution < -0.4 is 5.46 Å². The van der Waals surface area contributed by atoms with E-state index >= 15 is 0 Å². The zero-order valence-corrected chi connectivity index (χ0v) is 20.3. The summed E-state index contributed by atoms with van der Waals surface area (Å²) in [6.45, 7) is 4.31. The summed E-state index contributed by atoms with van der Waals surface area (Å²) in [6.07, 6.45) is 0. The highest BCUT2D eigenvalue weighted by Crippen LogP contribution is 2.36. The fourth-order valence-corrected chi connectivity index (χ4v) is 5.20. The summed E-state index contributed by atoms with van der Waals surface area (Å²) < 4.78 is 2.23. The average Bonchev–Trinajstić information content (AvgIpc) is 3.23. The van der Waals surface area contributed by atoms with E-state index in [2.05, 4.69) is 91.2 Å². The first kappa shape index (κ1) is 22.4. The molecule has 1 heterocycles. The molecule has 0 unspecified atom stereocenters. The molecule has 174 valence electrons. The summed E-state index contributed by atoms with van der Waals surface area (Å²) in [5, 5.41) is 21.8. The summed E-state index contributed by atoms with van der Waals surface area (Å²) >= 11 is 0. The Balaban J connectivity index is 1.59. The molecule has 36 heavy (non-hydrogen) atoms. The Hall–Kier alpha value is -4.12. The van der Waals surface area contributed by atoms with Crippen molar-refractivity contribution in [3.8, 4) is 27.9 Å². The number of fused-ring (bicyclic) bond motifs is 3. The van der Waals surface area contributed by atoms with Crippen molar-refractivity contribution in [2.24, 2.45) is 0 Å². The molecule has 0 radical (unpaired) electrons. The Morgan fingerprint density at radius 2 is 1.17 bits per heavy atom. The largest absolute Gasteiger partial charge is 0.488 e. The molecule has 0 spiro atoms. The van der Waals surface area contributed by atoms with Crippen LogP contribution in [-0.4, -0.2) is 21.7 Å². The Morgan fingerprint density at radius 3 is 1.92 bits per heavy atom. The third-order valence-electron chi connectivity index (χ3n) is 7.11. The molecule has 0 bridgehead atoms. The lowest BCUT2D eigenvalue weighted by Crippen LogP contribution is -2.29. The molecule has 0 saturated heterocycles. The van der Waals surface area contributed by atoms with Crippen LogP contribution in [0, 0.1) is 13.8 Å². The Morgan fingerprint density at radius 1 is 0.556 bits per heavy atom. The molecule has 6 rings (SSSR count). The van der Waals surface area contributed by atoms with E-state index in [4.69, 9.17) is 0 Å². The van der Waals surface area contributed by atoms with Crippen LogP contribution in [-0.2, 0) is 0 Å². The van der Waals surface area contributed by atoms with Gasteiger partial charge in [0.25, 0.3) is 0 Å². The van der Waals surface area contributed by atoms with Crippen molar-refractivity contribution in [3.05, 3.63) is 120 Å². The number of aryl methyl sites for hydroxylation is 2. The van der Waals surface area contributed by atoms with E-state index in [1.807, 2.05) is 30.3 Å². The van der Waals surface area contributed by atoms with Crippen molar-refractivity contribution in [2.45, 2.75) is 13.8 Å². The number of para-hydroxylation sites is 1. The molecular formula is C32H26BNO2. The molecule has 6 aromatic rings. The molecule has 0 fully saturated rings. The van der Waals surface area contributed by atoms with Gasteiger partial charge in [-0.15, -0.1) is 0 Å². The number of benzene rings is 5. The maximum Gasteiger partial charge on any atom is 0.488 e. The quantitative estimate of drug-likeness (QED) is 0.294. The van der Waals surface area contributed by atoms with Gasteiger partial charge in [-0.2, -0.15) is 0 Å². The molecule has 4 heteroatoms. The first-order valence-electron chi connectivity index (χ1n) is 12.2. The molecule has 5 aromatic carbocycles. The number of rotatable bonds is 4. The Labute approximate surface area is 211 Å². The van der Waals surface area contributed by atoms with Crippen molar-refractivity contribution in [1.82, 2.24) is 4.57 Å². The van der Waals surface area contributed by atoms with Crippen molar-refractivity contribution < 1.29 is 10.0 Å². The van der Waals surface area contributed by atoms with E-state index < -0.39 is 7.12 Å². The predicted molar refractivity (Wildman–Crippen MR) is 151 cm³/mol. The molecule has 0 atom stereocenters. The Bertz CT molecular complexity index is 1730. The van der Waals surface area contributed by atoms with E-state index in [0.29, 0.717) is 5.46 Å². The zero-order chi connectivity index (χ0) is 24.8.